The molecule has 1 aliphatic carbocycles. The molecule has 1 aromatic rings. The van der Waals surface area contributed by atoms with Crippen molar-refractivity contribution >= 4 is 29.4 Å². The summed E-state index contributed by atoms with van der Waals surface area (Å²) in [5.74, 6) is 0. The van der Waals surface area contributed by atoms with Gasteiger partial charge in [-0.3, -0.25) is 0 Å². The van der Waals surface area contributed by atoms with Crippen LogP contribution in [0.5, 0.6) is 0 Å². The summed E-state index contributed by atoms with van der Waals surface area (Å²) in [4.78, 5) is 3.42. The molecule has 0 unspecified atom stereocenters. The summed E-state index contributed by atoms with van der Waals surface area (Å²) >= 11 is 1.59. The van der Waals surface area contributed by atoms with Crippen LogP contribution in [0, 0.1) is 0 Å². The Morgan fingerprint density at radius 2 is 1.86 bits per heavy atom. The van der Waals surface area contributed by atoms with Crippen LogP contribution in [0.2, 0.25) is 0 Å². The molecule has 3 rings (SSSR count). The van der Waals surface area contributed by atoms with Gasteiger partial charge in [-0.15, -0.1) is 0 Å². The largest absolute Gasteiger partial charge is 0.378 e. The predicted molar refractivity (Wildman–Crippen MR) is 97.8 cm³/mol. The molecule has 1 aliphatic heterocycles. The van der Waals surface area contributed by atoms with Crippen LogP contribution in [0.1, 0.15) is 23.6 Å². The number of anilines is 1. The predicted octanol–water partition coefficient (Wildman–Crippen LogP) is 5.05. The van der Waals surface area contributed by atoms with Crippen molar-refractivity contribution in [1.82, 2.24) is 4.37 Å². The highest BCUT2D eigenvalue weighted by atomic mass is 32.1. The first-order valence-corrected chi connectivity index (χ1v) is 8.28. The molecule has 0 radical (unpaired) electrons. The highest BCUT2D eigenvalue weighted by Gasteiger charge is 2.13. The molecule has 0 saturated carbocycles. The highest BCUT2D eigenvalue weighted by Crippen LogP contribution is 2.35. The molecule has 1 heterocycles. The van der Waals surface area contributed by atoms with Crippen molar-refractivity contribution < 1.29 is 0 Å². The van der Waals surface area contributed by atoms with E-state index in [2.05, 4.69) is 78.8 Å². The van der Waals surface area contributed by atoms with Crippen molar-refractivity contribution in [2.75, 3.05) is 19.0 Å². The second-order valence-corrected chi connectivity index (χ2v) is 6.35. The normalized spacial score (nSPS) is 11.4. The van der Waals surface area contributed by atoms with Gasteiger partial charge in [-0.05, 0) is 64.5 Å². The second kappa shape index (κ2) is 6.32. The summed E-state index contributed by atoms with van der Waals surface area (Å²) in [6.45, 7) is 2.21. The number of aromatic nitrogens is 1. The molecule has 2 nitrogen and oxygen atoms in total. The molecule has 3 heteroatoms. The van der Waals surface area contributed by atoms with Crippen LogP contribution >= 0.6 is 11.5 Å². The Kier molecular flexibility index (Phi) is 4.25. The van der Waals surface area contributed by atoms with Gasteiger partial charge in [-0.2, -0.15) is 0 Å². The molecule has 0 aromatic heterocycles. The molecule has 112 valence electrons. The van der Waals surface area contributed by atoms with Gasteiger partial charge in [0, 0.05) is 26.0 Å². The minimum Gasteiger partial charge on any atom is -0.378 e. The number of benzene rings is 1. The third kappa shape index (κ3) is 2.90. The van der Waals surface area contributed by atoms with E-state index in [1.54, 1.807) is 11.5 Å². The molecule has 0 fully saturated rings. The van der Waals surface area contributed by atoms with E-state index in [4.69, 9.17) is 0 Å². The fraction of sp³-hybridized carbons (Fsp3) is 0.211. The summed E-state index contributed by atoms with van der Waals surface area (Å²) < 4.78 is 4.29. The Morgan fingerprint density at radius 1 is 1.09 bits per heavy atom. The fourth-order valence-electron chi connectivity index (χ4n) is 2.63. The summed E-state index contributed by atoms with van der Waals surface area (Å²) in [5, 5.41) is 0. The fourth-order valence-corrected chi connectivity index (χ4v) is 3.47. The van der Waals surface area contributed by atoms with E-state index in [1.165, 1.54) is 32.8 Å². The Balaban J connectivity index is 1.91. The monoisotopic (exact) mass is 308 g/mol. The highest BCUT2D eigenvalue weighted by molar-refractivity contribution is 7.09. The Morgan fingerprint density at radius 3 is 2.55 bits per heavy atom. The number of fused-ring (bicyclic) bond motifs is 1. The van der Waals surface area contributed by atoms with E-state index >= 15 is 0 Å². The number of rotatable bonds is 4. The molecular weight excluding hydrogens is 288 g/mol. The zero-order valence-corrected chi connectivity index (χ0v) is 14.0. The molecular formula is C19H20N2S. The molecule has 2 aliphatic rings. The average molecular weight is 308 g/mol. The SMILES string of the molecule is CCc1c(C=Cc2ccc(N(C)C)cc2)cc2ccnsc1-2. The van der Waals surface area contributed by atoms with E-state index in [1.807, 2.05) is 6.20 Å². The van der Waals surface area contributed by atoms with Crippen molar-refractivity contribution in [2.45, 2.75) is 13.3 Å². The summed E-state index contributed by atoms with van der Waals surface area (Å²) in [7, 11) is 4.12. The van der Waals surface area contributed by atoms with Crippen molar-refractivity contribution in [3.05, 3.63) is 59.3 Å². The van der Waals surface area contributed by atoms with Gasteiger partial charge in [0.25, 0.3) is 0 Å². The average Bonchev–Trinajstić information content (AvgIpc) is 2.90. The van der Waals surface area contributed by atoms with E-state index in [-0.39, 0.29) is 0 Å². The van der Waals surface area contributed by atoms with Gasteiger partial charge in [-0.25, -0.2) is 4.37 Å². The topological polar surface area (TPSA) is 16.1 Å². The zero-order chi connectivity index (χ0) is 15.5. The van der Waals surface area contributed by atoms with Crippen molar-refractivity contribution in [2.24, 2.45) is 0 Å². The molecule has 0 atom stereocenters. The van der Waals surface area contributed by atoms with Gasteiger partial charge in [0.1, 0.15) is 0 Å². The lowest BCUT2D eigenvalue weighted by molar-refractivity contribution is 1.13. The molecule has 0 bridgehead atoms. The first kappa shape index (κ1) is 14.8. The maximum Gasteiger partial charge on any atom is 0.0572 e. The third-order valence-electron chi connectivity index (χ3n) is 3.87. The maximum absolute atomic E-state index is 4.29. The smallest absolute Gasteiger partial charge is 0.0572 e. The van der Waals surface area contributed by atoms with Gasteiger partial charge >= 0.3 is 0 Å². The lowest BCUT2D eigenvalue weighted by Gasteiger charge is -2.11. The minimum atomic E-state index is 1.03. The van der Waals surface area contributed by atoms with Crippen LogP contribution in [0.25, 0.3) is 22.6 Å². The zero-order valence-electron chi connectivity index (χ0n) is 13.2. The van der Waals surface area contributed by atoms with Crippen LogP contribution < -0.4 is 4.90 Å². The second-order valence-electron chi connectivity index (χ2n) is 5.55. The molecule has 0 saturated heterocycles. The van der Waals surface area contributed by atoms with Crippen molar-refractivity contribution in [1.29, 1.82) is 0 Å². The van der Waals surface area contributed by atoms with Gasteiger partial charge in [-0.1, -0.05) is 31.2 Å². The first-order chi connectivity index (χ1) is 10.7. The van der Waals surface area contributed by atoms with E-state index in [0.717, 1.165) is 6.42 Å². The number of nitrogens with zero attached hydrogens (tertiary/aromatic N) is 2. The van der Waals surface area contributed by atoms with Crippen LogP contribution in [-0.4, -0.2) is 18.5 Å². The van der Waals surface area contributed by atoms with Gasteiger partial charge in [0.2, 0.25) is 0 Å². The van der Waals surface area contributed by atoms with Crippen LogP contribution in [0.4, 0.5) is 5.69 Å². The van der Waals surface area contributed by atoms with Gasteiger partial charge < -0.3 is 4.90 Å². The lowest BCUT2D eigenvalue weighted by atomic mass is 10.1. The Hall–Kier alpha value is -2.13. The molecule has 22 heavy (non-hydrogen) atoms. The molecule has 0 N–H and O–H groups in total. The van der Waals surface area contributed by atoms with Crippen molar-refractivity contribution in [3.63, 3.8) is 0 Å². The van der Waals surface area contributed by atoms with Crippen molar-refractivity contribution in [3.8, 4) is 10.4 Å². The van der Waals surface area contributed by atoms with E-state index in [0.29, 0.717) is 0 Å². The summed E-state index contributed by atoms with van der Waals surface area (Å²) in [6.07, 6.45) is 7.31. The summed E-state index contributed by atoms with van der Waals surface area (Å²) in [6, 6.07) is 13.0. The van der Waals surface area contributed by atoms with E-state index < -0.39 is 0 Å². The molecule has 1 aromatic carbocycles. The number of hydrogen-bond donors (Lipinski definition) is 0. The Labute approximate surface area is 136 Å². The van der Waals surface area contributed by atoms with Gasteiger partial charge in [0.05, 0.1) is 4.88 Å². The third-order valence-corrected chi connectivity index (χ3v) is 4.76. The minimum absolute atomic E-state index is 1.03. The van der Waals surface area contributed by atoms with Crippen LogP contribution in [0.3, 0.4) is 0 Å². The van der Waals surface area contributed by atoms with E-state index in [9.17, 15) is 0 Å². The molecule has 0 spiro atoms. The van der Waals surface area contributed by atoms with Crippen LogP contribution in [0.15, 0.2) is 42.6 Å². The summed E-state index contributed by atoms with van der Waals surface area (Å²) in [5.41, 5.74) is 6.44. The standard InChI is InChI=1S/C19H20N2S/c1-4-18-15(13-16-11-12-20-22-19(16)18)8-5-14-6-9-17(10-7-14)21(2)3/h5-13H,4H2,1-3H3. The molecule has 0 amide bonds. The lowest BCUT2D eigenvalue weighted by Crippen LogP contribution is -2.07. The quantitative estimate of drug-likeness (QED) is 0.670. The number of hydrogen-bond acceptors (Lipinski definition) is 3. The Bertz CT molecular complexity index is 754. The van der Waals surface area contributed by atoms with Crippen LogP contribution in [-0.2, 0) is 6.42 Å². The van der Waals surface area contributed by atoms with Gasteiger partial charge in [0.15, 0.2) is 0 Å². The first-order valence-electron chi connectivity index (χ1n) is 7.51. The maximum atomic E-state index is 4.29.